The lowest BCUT2D eigenvalue weighted by Crippen LogP contribution is -2.44. The van der Waals surface area contributed by atoms with Crippen LogP contribution < -0.4 is 5.32 Å². The van der Waals surface area contributed by atoms with Gasteiger partial charge < -0.3 is 10.2 Å². The van der Waals surface area contributed by atoms with Crippen LogP contribution in [0, 0.1) is 5.92 Å². The molecule has 6 heteroatoms. The molecular weight excluding hydrogens is 374 g/mol. The van der Waals surface area contributed by atoms with Crippen LogP contribution in [0.1, 0.15) is 50.7 Å². The molecular formula is C22H32ClN3O2. The summed E-state index contributed by atoms with van der Waals surface area (Å²) in [5.41, 5.74) is 3.00. The second-order valence-electron chi connectivity index (χ2n) is 7.90. The minimum atomic E-state index is -0.00372. The van der Waals surface area contributed by atoms with E-state index in [1.807, 2.05) is 17.0 Å². The molecule has 0 atom stereocenters. The van der Waals surface area contributed by atoms with Gasteiger partial charge in [-0.25, -0.2) is 0 Å². The molecule has 2 amide bonds. The van der Waals surface area contributed by atoms with Gasteiger partial charge in [-0.1, -0.05) is 31.5 Å². The number of anilines is 1. The highest BCUT2D eigenvalue weighted by atomic mass is 35.5. The topological polar surface area (TPSA) is 52.7 Å². The fourth-order valence-corrected chi connectivity index (χ4v) is 4.67. The van der Waals surface area contributed by atoms with Gasteiger partial charge in [-0.15, -0.1) is 0 Å². The highest BCUT2D eigenvalue weighted by molar-refractivity contribution is 6.32. The van der Waals surface area contributed by atoms with E-state index < -0.39 is 0 Å². The Morgan fingerprint density at radius 2 is 1.75 bits per heavy atom. The van der Waals surface area contributed by atoms with Crippen molar-refractivity contribution < 1.29 is 9.59 Å². The number of halogens is 1. The number of carbonyl (C=O) groups is 2. The van der Waals surface area contributed by atoms with Crippen LogP contribution in [0.25, 0.3) is 0 Å². The van der Waals surface area contributed by atoms with E-state index in [2.05, 4.69) is 24.1 Å². The number of rotatable bonds is 6. The first-order valence-electron chi connectivity index (χ1n) is 10.6. The van der Waals surface area contributed by atoms with Crippen molar-refractivity contribution >= 4 is 29.1 Å². The summed E-state index contributed by atoms with van der Waals surface area (Å²) in [5.74, 6) is 0.445. The molecule has 2 fully saturated rings. The third kappa shape index (κ3) is 4.87. The lowest BCUT2D eigenvalue weighted by Gasteiger charge is -2.32. The molecule has 2 aliphatic heterocycles. The first-order chi connectivity index (χ1) is 13.5. The van der Waals surface area contributed by atoms with Gasteiger partial charge >= 0.3 is 0 Å². The largest absolute Gasteiger partial charge is 0.342 e. The number of carbonyl (C=O) groups excluding carboxylic acids is 2. The van der Waals surface area contributed by atoms with Gasteiger partial charge in [0.25, 0.3) is 0 Å². The molecule has 154 valence electrons. The van der Waals surface area contributed by atoms with Crippen molar-refractivity contribution in [2.45, 2.75) is 52.4 Å². The zero-order valence-corrected chi connectivity index (χ0v) is 17.9. The predicted octanol–water partition coefficient (Wildman–Crippen LogP) is 3.74. The van der Waals surface area contributed by atoms with Gasteiger partial charge in [-0.3, -0.25) is 14.5 Å². The van der Waals surface area contributed by atoms with Gasteiger partial charge in [0.1, 0.15) is 0 Å². The van der Waals surface area contributed by atoms with E-state index in [0.717, 1.165) is 81.5 Å². The van der Waals surface area contributed by atoms with Gasteiger partial charge in [-0.05, 0) is 68.8 Å². The van der Waals surface area contributed by atoms with Crippen LogP contribution in [0.4, 0.5) is 5.69 Å². The molecule has 0 spiro atoms. The predicted molar refractivity (Wildman–Crippen MR) is 114 cm³/mol. The summed E-state index contributed by atoms with van der Waals surface area (Å²) >= 11 is 6.34. The third-order valence-electron chi connectivity index (χ3n) is 6.06. The van der Waals surface area contributed by atoms with Crippen molar-refractivity contribution in [1.82, 2.24) is 9.80 Å². The maximum Gasteiger partial charge on any atom is 0.238 e. The van der Waals surface area contributed by atoms with Gasteiger partial charge in [0.15, 0.2) is 0 Å². The lowest BCUT2D eigenvalue weighted by molar-refractivity contribution is -0.136. The lowest BCUT2D eigenvalue weighted by atomic mass is 9.95. The van der Waals surface area contributed by atoms with Gasteiger partial charge in [0.2, 0.25) is 11.8 Å². The molecule has 2 aliphatic rings. The third-order valence-corrected chi connectivity index (χ3v) is 6.42. The molecule has 2 heterocycles. The Bertz CT molecular complexity index is 708. The van der Waals surface area contributed by atoms with E-state index in [0.29, 0.717) is 17.5 Å². The van der Waals surface area contributed by atoms with E-state index in [1.165, 1.54) is 0 Å². The molecule has 0 radical (unpaired) electrons. The van der Waals surface area contributed by atoms with Crippen molar-refractivity contribution in [1.29, 1.82) is 0 Å². The Balaban J connectivity index is 1.54. The van der Waals surface area contributed by atoms with Crippen molar-refractivity contribution in [3.05, 3.63) is 28.3 Å². The van der Waals surface area contributed by atoms with Crippen LogP contribution >= 0.6 is 11.6 Å². The van der Waals surface area contributed by atoms with E-state index in [1.54, 1.807) is 0 Å². The van der Waals surface area contributed by atoms with Crippen molar-refractivity contribution in [3.63, 3.8) is 0 Å². The number of aryl methyl sites for hydroxylation is 1. The fourth-order valence-electron chi connectivity index (χ4n) is 4.38. The van der Waals surface area contributed by atoms with Gasteiger partial charge in [0.05, 0.1) is 6.54 Å². The van der Waals surface area contributed by atoms with Crippen molar-refractivity contribution in [2.75, 3.05) is 38.0 Å². The summed E-state index contributed by atoms with van der Waals surface area (Å²) in [7, 11) is 0. The highest BCUT2D eigenvalue weighted by Gasteiger charge is 2.30. The summed E-state index contributed by atoms with van der Waals surface area (Å²) in [4.78, 5) is 29.4. The SMILES string of the molecule is CCc1ccc(Cl)c(CC)c1NC(=O)CN1CCC(C(=O)N2CCCC2)CC1. The first kappa shape index (κ1) is 21.1. The van der Waals surface area contributed by atoms with Crippen LogP contribution in [0.3, 0.4) is 0 Å². The number of likely N-dealkylation sites (tertiary alicyclic amines) is 2. The second kappa shape index (κ2) is 9.75. The number of benzene rings is 1. The van der Waals surface area contributed by atoms with Crippen LogP contribution in [0.15, 0.2) is 12.1 Å². The number of hydrogen-bond donors (Lipinski definition) is 1. The molecule has 0 bridgehead atoms. The van der Waals surface area contributed by atoms with Crippen LogP contribution in [-0.4, -0.2) is 54.3 Å². The van der Waals surface area contributed by atoms with E-state index in [4.69, 9.17) is 11.6 Å². The molecule has 5 nitrogen and oxygen atoms in total. The number of amides is 2. The molecule has 0 unspecified atom stereocenters. The Labute approximate surface area is 173 Å². The molecule has 0 aromatic heterocycles. The van der Waals surface area contributed by atoms with Crippen LogP contribution in [0.5, 0.6) is 0 Å². The van der Waals surface area contributed by atoms with E-state index >= 15 is 0 Å². The van der Waals surface area contributed by atoms with Crippen LogP contribution in [-0.2, 0) is 22.4 Å². The monoisotopic (exact) mass is 405 g/mol. The van der Waals surface area contributed by atoms with E-state index in [-0.39, 0.29) is 11.8 Å². The average Bonchev–Trinajstić information content (AvgIpc) is 3.23. The van der Waals surface area contributed by atoms with Crippen molar-refractivity contribution in [3.8, 4) is 0 Å². The minimum Gasteiger partial charge on any atom is -0.342 e. The fraction of sp³-hybridized carbons (Fsp3) is 0.636. The second-order valence-corrected chi connectivity index (χ2v) is 8.31. The molecule has 28 heavy (non-hydrogen) atoms. The summed E-state index contributed by atoms with van der Waals surface area (Å²) in [6, 6.07) is 3.91. The maximum absolute atomic E-state index is 12.7. The number of hydrogen-bond acceptors (Lipinski definition) is 3. The zero-order valence-electron chi connectivity index (χ0n) is 17.1. The normalized spacial score (nSPS) is 18.5. The molecule has 3 rings (SSSR count). The first-order valence-corrected chi connectivity index (χ1v) is 11.0. The minimum absolute atomic E-state index is 0.00372. The summed E-state index contributed by atoms with van der Waals surface area (Å²) < 4.78 is 0. The molecule has 2 saturated heterocycles. The highest BCUT2D eigenvalue weighted by Crippen LogP contribution is 2.29. The Hall–Kier alpha value is -1.59. The van der Waals surface area contributed by atoms with Gasteiger partial charge in [-0.2, -0.15) is 0 Å². The molecule has 1 aromatic carbocycles. The van der Waals surface area contributed by atoms with Crippen LogP contribution in [0.2, 0.25) is 5.02 Å². The Morgan fingerprint density at radius 3 is 2.36 bits per heavy atom. The molecule has 1 N–H and O–H groups in total. The zero-order chi connectivity index (χ0) is 20.1. The quantitative estimate of drug-likeness (QED) is 0.784. The summed E-state index contributed by atoms with van der Waals surface area (Å²) in [6.45, 7) is 7.94. The molecule has 0 saturated carbocycles. The van der Waals surface area contributed by atoms with Gasteiger partial charge in [0, 0.05) is 29.7 Å². The summed E-state index contributed by atoms with van der Waals surface area (Å²) in [6.07, 6.45) is 5.60. The average molecular weight is 406 g/mol. The summed E-state index contributed by atoms with van der Waals surface area (Å²) in [5, 5.41) is 3.81. The van der Waals surface area contributed by atoms with E-state index in [9.17, 15) is 9.59 Å². The van der Waals surface area contributed by atoms with Crippen molar-refractivity contribution in [2.24, 2.45) is 5.92 Å². The number of nitrogens with one attached hydrogen (secondary N) is 1. The Morgan fingerprint density at radius 1 is 1.07 bits per heavy atom. The number of nitrogens with zero attached hydrogens (tertiary/aromatic N) is 2. The molecule has 0 aliphatic carbocycles. The standard InChI is InChI=1S/C22H32ClN3O2/c1-3-16-7-8-19(23)18(4-2)21(16)24-20(27)15-25-13-9-17(10-14-25)22(28)26-11-5-6-12-26/h7-8,17H,3-6,9-15H2,1-2H3,(H,24,27). The smallest absolute Gasteiger partial charge is 0.238 e. The molecule has 1 aromatic rings. The number of piperidine rings is 1. The Kier molecular flexibility index (Phi) is 7.36. The maximum atomic E-state index is 12.7.